The number of carbonyl (C=O) groups excluding carboxylic acids is 1. The molecule has 0 heterocycles. The molecule has 1 amide bonds. The van der Waals surface area contributed by atoms with Crippen molar-refractivity contribution in [2.24, 2.45) is 0 Å². The lowest BCUT2D eigenvalue weighted by Gasteiger charge is -2.19. The lowest BCUT2D eigenvalue weighted by Crippen LogP contribution is -2.30. The van der Waals surface area contributed by atoms with Gasteiger partial charge in [-0.15, -0.1) is 0 Å². The van der Waals surface area contributed by atoms with E-state index in [0.717, 1.165) is 0 Å². The van der Waals surface area contributed by atoms with E-state index in [2.05, 4.69) is 5.32 Å². The van der Waals surface area contributed by atoms with E-state index in [1.807, 2.05) is 0 Å². The van der Waals surface area contributed by atoms with Crippen molar-refractivity contribution in [2.45, 2.75) is 25.7 Å². The molecule has 0 atom stereocenters. The maximum absolute atomic E-state index is 12.6. The van der Waals surface area contributed by atoms with Crippen molar-refractivity contribution in [1.82, 2.24) is 4.31 Å². The van der Waals surface area contributed by atoms with Gasteiger partial charge >= 0.3 is 0 Å². The standard InChI is InChI=1S/C19H23ClN2O4S/c1-4-22(5-2)27(24,25)17-10-11-18(14(3)12-17)26-13-19(23)21-16-8-6-15(20)7-9-16/h6-12H,4-5,13H2,1-3H3,(H,21,23). The number of benzene rings is 2. The molecule has 0 bridgehead atoms. The normalized spacial score (nSPS) is 11.4. The number of hydrogen-bond donors (Lipinski definition) is 1. The van der Waals surface area contributed by atoms with Crippen LogP contribution in [-0.2, 0) is 14.8 Å². The van der Waals surface area contributed by atoms with Gasteiger partial charge in [-0.05, 0) is 55.0 Å². The average Bonchev–Trinajstić information content (AvgIpc) is 2.63. The van der Waals surface area contributed by atoms with Gasteiger partial charge in [0.1, 0.15) is 5.75 Å². The lowest BCUT2D eigenvalue weighted by molar-refractivity contribution is -0.118. The maximum Gasteiger partial charge on any atom is 0.262 e. The van der Waals surface area contributed by atoms with E-state index in [1.54, 1.807) is 57.2 Å². The van der Waals surface area contributed by atoms with Crippen molar-refractivity contribution in [3.63, 3.8) is 0 Å². The lowest BCUT2D eigenvalue weighted by atomic mass is 10.2. The van der Waals surface area contributed by atoms with Gasteiger partial charge in [-0.1, -0.05) is 25.4 Å². The number of rotatable bonds is 8. The molecular weight excluding hydrogens is 388 g/mol. The molecule has 0 unspecified atom stereocenters. The number of aryl methyl sites for hydroxylation is 1. The highest BCUT2D eigenvalue weighted by Crippen LogP contribution is 2.24. The summed E-state index contributed by atoms with van der Waals surface area (Å²) < 4.78 is 32.0. The fourth-order valence-corrected chi connectivity index (χ4v) is 4.20. The Morgan fingerprint density at radius 3 is 2.30 bits per heavy atom. The highest BCUT2D eigenvalue weighted by atomic mass is 35.5. The molecule has 27 heavy (non-hydrogen) atoms. The molecule has 0 aromatic heterocycles. The summed E-state index contributed by atoms with van der Waals surface area (Å²) >= 11 is 5.81. The number of carbonyl (C=O) groups is 1. The van der Waals surface area contributed by atoms with Crippen molar-refractivity contribution >= 4 is 33.2 Å². The molecule has 0 saturated heterocycles. The molecule has 6 nitrogen and oxygen atoms in total. The van der Waals surface area contributed by atoms with Gasteiger partial charge in [0, 0.05) is 23.8 Å². The van der Waals surface area contributed by atoms with Gasteiger partial charge in [-0.2, -0.15) is 4.31 Å². The quantitative estimate of drug-likeness (QED) is 0.720. The molecule has 146 valence electrons. The summed E-state index contributed by atoms with van der Waals surface area (Å²) in [6.45, 7) is 5.96. The maximum atomic E-state index is 12.6. The van der Waals surface area contributed by atoms with Crippen molar-refractivity contribution < 1.29 is 17.9 Å². The summed E-state index contributed by atoms with van der Waals surface area (Å²) in [5.41, 5.74) is 1.26. The first-order valence-electron chi connectivity index (χ1n) is 8.57. The number of hydrogen-bond acceptors (Lipinski definition) is 4. The Labute approximate surface area is 165 Å². The first kappa shape index (κ1) is 21.2. The number of amides is 1. The van der Waals surface area contributed by atoms with Crippen LogP contribution in [0, 0.1) is 6.92 Å². The summed E-state index contributed by atoms with van der Waals surface area (Å²) in [5, 5.41) is 3.28. The third-order valence-corrected chi connectivity index (χ3v) is 6.27. The minimum absolute atomic E-state index is 0.189. The average molecular weight is 411 g/mol. The van der Waals surface area contributed by atoms with Crippen LogP contribution in [-0.4, -0.2) is 38.3 Å². The molecule has 2 aromatic rings. The number of ether oxygens (including phenoxy) is 1. The van der Waals surface area contributed by atoms with Crippen molar-refractivity contribution in [3.05, 3.63) is 53.1 Å². The molecular formula is C19H23ClN2O4S. The van der Waals surface area contributed by atoms with Crippen molar-refractivity contribution in [2.75, 3.05) is 25.0 Å². The van der Waals surface area contributed by atoms with Crippen LogP contribution in [0.4, 0.5) is 5.69 Å². The topological polar surface area (TPSA) is 75.7 Å². The van der Waals surface area contributed by atoms with Gasteiger partial charge in [-0.3, -0.25) is 4.79 Å². The first-order chi connectivity index (χ1) is 12.8. The van der Waals surface area contributed by atoms with Gasteiger partial charge in [0.05, 0.1) is 4.90 Å². The number of nitrogens with one attached hydrogen (secondary N) is 1. The summed E-state index contributed by atoms with van der Waals surface area (Å²) in [5.74, 6) is 0.135. The van der Waals surface area contributed by atoms with Crippen LogP contribution in [0.3, 0.4) is 0 Å². The second-order valence-electron chi connectivity index (χ2n) is 5.86. The number of anilines is 1. The third kappa shape index (κ3) is 5.45. The van der Waals surface area contributed by atoms with Gasteiger partial charge in [0.15, 0.2) is 6.61 Å². The minimum Gasteiger partial charge on any atom is -0.483 e. The molecule has 0 spiro atoms. The van der Waals surface area contributed by atoms with Crippen LogP contribution >= 0.6 is 11.6 Å². The first-order valence-corrected chi connectivity index (χ1v) is 10.4. The van der Waals surface area contributed by atoms with Crippen LogP contribution in [0.15, 0.2) is 47.4 Å². The fraction of sp³-hybridized carbons (Fsp3) is 0.316. The fourth-order valence-electron chi connectivity index (χ4n) is 2.53. The second-order valence-corrected chi connectivity index (χ2v) is 8.23. The van der Waals surface area contributed by atoms with Crippen LogP contribution in [0.5, 0.6) is 5.75 Å². The zero-order chi connectivity index (χ0) is 20.0. The van der Waals surface area contributed by atoms with Gasteiger partial charge in [-0.25, -0.2) is 8.42 Å². The number of sulfonamides is 1. The summed E-state index contributed by atoms with van der Waals surface area (Å²) in [6.07, 6.45) is 0. The second kappa shape index (κ2) is 9.21. The van der Waals surface area contributed by atoms with E-state index in [4.69, 9.17) is 16.3 Å². The highest BCUT2D eigenvalue weighted by molar-refractivity contribution is 7.89. The van der Waals surface area contributed by atoms with Crippen molar-refractivity contribution in [3.8, 4) is 5.75 Å². The molecule has 1 N–H and O–H groups in total. The number of halogens is 1. The largest absolute Gasteiger partial charge is 0.483 e. The summed E-state index contributed by atoms with van der Waals surface area (Å²) in [7, 11) is -3.53. The monoisotopic (exact) mass is 410 g/mol. The van der Waals surface area contributed by atoms with E-state index in [1.165, 1.54) is 10.4 Å². The summed E-state index contributed by atoms with van der Waals surface area (Å²) in [4.78, 5) is 12.2. The number of nitrogens with zero attached hydrogens (tertiary/aromatic N) is 1. The van der Waals surface area contributed by atoms with Crippen LogP contribution < -0.4 is 10.1 Å². The van der Waals surface area contributed by atoms with E-state index in [0.29, 0.717) is 35.1 Å². The molecule has 0 fully saturated rings. The van der Waals surface area contributed by atoms with Gasteiger partial charge in [0.2, 0.25) is 10.0 Å². The highest BCUT2D eigenvalue weighted by Gasteiger charge is 2.22. The molecule has 8 heteroatoms. The molecule has 0 saturated carbocycles. The molecule has 0 radical (unpaired) electrons. The smallest absolute Gasteiger partial charge is 0.262 e. The Hall–Kier alpha value is -2.09. The Kier molecular flexibility index (Phi) is 7.24. The Bertz CT molecular complexity index is 894. The van der Waals surface area contributed by atoms with Gasteiger partial charge < -0.3 is 10.1 Å². The minimum atomic E-state index is -3.53. The third-order valence-electron chi connectivity index (χ3n) is 3.98. The predicted molar refractivity (Wildman–Crippen MR) is 107 cm³/mol. The predicted octanol–water partition coefficient (Wildman–Crippen LogP) is 3.70. The van der Waals surface area contributed by atoms with E-state index in [-0.39, 0.29) is 17.4 Å². The van der Waals surface area contributed by atoms with Crippen molar-refractivity contribution in [1.29, 1.82) is 0 Å². The summed E-state index contributed by atoms with van der Waals surface area (Å²) in [6, 6.07) is 11.4. The molecule has 0 aliphatic heterocycles. The van der Waals surface area contributed by atoms with E-state index < -0.39 is 10.0 Å². The Balaban J connectivity index is 2.03. The van der Waals surface area contributed by atoms with Crippen LogP contribution in [0.2, 0.25) is 5.02 Å². The molecule has 2 rings (SSSR count). The van der Waals surface area contributed by atoms with Crippen LogP contribution in [0.1, 0.15) is 19.4 Å². The van der Waals surface area contributed by atoms with Crippen LogP contribution in [0.25, 0.3) is 0 Å². The zero-order valence-electron chi connectivity index (χ0n) is 15.5. The SMILES string of the molecule is CCN(CC)S(=O)(=O)c1ccc(OCC(=O)Nc2ccc(Cl)cc2)c(C)c1. The molecule has 2 aromatic carbocycles. The molecule has 0 aliphatic rings. The van der Waals surface area contributed by atoms with Gasteiger partial charge in [0.25, 0.3) is 5.91 Å². The van der Waals surface area contributed by atoms with E-state index in [9.17, 15) is 13.2 Å². The Morgan fingerprint density at radius 2 is 1.74 bits per heavy atom. The zero-order valence-corrected chi connectivity index (χ0v) is 17.1. The Morgan fingerprint density at radius 1 is 1.11 bits per heavy atom. The van der Waals surface area contributed by atoms with E-state index >= 15 is 0 Å². The molecule has 0 aliphatic carbocycles.